The van der Waals surface area contributed by atoms with Crippen LogP contribution in [0.5, 0.6) is 0 Å². The highest BCUT2D eigenvalue weighted by Crippen LogP contribution is 2.42. The van der Waals surface area contributed by atoms with Gasteiger partial charge in [0.2, 0.25) is 0 Å². The number of fused-ring (bicyclic) bond motifs is 12. The van der Waals surface area contributed by atoms with E-state index in [1.54, 1.807) is 0 Å². The van der Waals surface area contributed by atoms with Crippen LogP contribution in [-0.2, 0) is 41.0 Å². The lowest BCUT2D eigenvalue weighted by Gasteiger charge is -2.17. The number of hydrogen-bond donors (Lipinski definition) is 1. The highest BCUT2D eigenvalue weighted by molar-refractivity contribution is 6.50. The van der Waals surface area contributed by atoms with E-state index in [1.165, 1.54) is 17.8 Å². The molecule has 0 spiro atoms. The Hall–Kier alpha value is -5.07. The molecule has 0 aliphatic carbocycles. The van der Waals surface area contributed by atoms with E-state index in [0.717, 1.165) is 26.7 Å². The smallest absolute Gasteiger partial charge is 0.390 e. The van der Waals surface area contributed by atoms with Crippen LogP contribution in [0.25, 0.3) is 33.0 Å². The average molecular weight is 580 g/mol. The van der Waals surface area contributed by atoms with Crippen molar-refractivity contribution in [1.82, 2.24) is 23.6 Å². The van der Waals surface area contributed by atoms with Crippen molar-refractivity contribution in [2.45, 2.75) is 32.2 Å². The van der Waals surface area contributed by atoms with Crippen LogP contribution in [0.1, 0.15) is 23.2 Å². The minimum Gasteiger partial charge on any atom is -0.390 e. The summed E-state index contributed by atoms with van der Waals surface area (Å²) in [6, 6.07) is 15.6. The fraction of sp³-hybridized carbons (Fsp3) is 0.258. The molecular weight excluding hydrogens is 550 g/mol. The molecule has 1 atom stereocenters. The fourth-order valence-corrected chi connectivity index (χ4v) is 6.26. The number of hydrogen-bond acceptors (Lipinski definition) is 7. The first-order chi connectivity index (χ1) is 20.9. The number of rotatable bonds is 4. The van der Waals surface area contributed by atoms with Crippen LogP contribution >= 0.6 is 0 Å². The Morgan fingerprint density at radius 1 is 0.953 bits per heavy atom. The number of benzene rings is 2. The minimum atomic E-state index is -0.596. The van der Waals surface area contributed by atoms with Crippen LogP contribution in [0.3, 0.4) is 0 Å². The quantitative estimate of drug-likeness (QED) is 0.195. The first-order valence-corrected chi connectivity index (χ1v) is 14.1. The normalized spacial score (nSPS) is 17.6. The van der Waals surface area contributed by atoms with Crippen LogP contribution in [0, 0.1) is 10.1 Å². The summed E-state index contributed by atoms with van der Waals surface area (Å²) in [7, 11) is 1.50. The molecule has 2 aromatic carbocycles. The van der Waals surface area contributed by atoms with Gasteiger partial charge in [-0.15, -0.1) is 0 Å². The summed E-state index contributed by atoms with van der Waals surface area (Å²) in [4.78, 5) is 44.6. The number of aryl methyl sites for hydroxylation is 1. The molecule has 4 bridgehead atoms. The first kappa shape index (κ1) is 26.8. The number of para-hydroxylation sites is 2. The topological polar surface area (TPSA) is 143 Å². The molecule has 0 saturated carbocycles. The zero-order valence-electron chi connectivity index (χ0n) is 23.5. The summed E-state index contributed by atoms with van der Waals surface area (Å²) in [5.74, 6) is -1.29. The van der Waals surface area contributed by atoms with E-state index >= 15 is 0 Å². The molecule has 43 heavy (non-hydrogen) atoms. The average Bonchev–Trinajstić information content (AvgIpc) is 3.73. The second-order valence-electron chi connectivity index (χ2n) is 10.8. The maximum absolute atomic E-state index is 14.4. The Morgan fingerprint density at radius 2 is 1.53 bits per heavy atom. The third-order valence-electron chi connectivity index (χ3n) is 8.47. The molecule has 3 aromatic heterocycles. The third kappa shape index (κ3) is 4.25. The van der Waals surface area contributed by atoms with Gasteiger partial charge in [-0.2, -0.15) is 0 Å². The van der Waals surface area contributed by atoms with E-state index in [9.17, 15) is 19.7 Å². The molecule has 5 aromatic rings. The van der Waals surface area contributed by atoms with Gasteiger partial charge in [-0.05, 0) is 23.5 Å². The summed E-state index contributed by atoms with van der Waals surface area (Å²) in [5.41, 5.74) is 10.2. The van der Waals surface area contributed by atoms with E-state index in [2.05, 4.69) is 9.55 Å². The van der Waals surface area contributed by atoms with Gasteiger partial charge in [-0.3, -0.25) is 14.5 Å². The van der Waals surface area contributed by atoms with E-state index in [4.69, 9.17) is 10.5 Å². The predicted octanol–water partition coefficient (Wildman–Crippen LogP) is 3.47. The van der Waals surface area contributed by atoms with Crippen LogP contribution in [0.2, 0.25) is 0 Å². The maximum Gasteiger partial charge on any atom is 0.434 e. The van der Waals surface area contributed by atoms with Gasteiger partial charge in [-0.25, -0.2) is 4.57 Å². The van der Waals surface area contributed by atoms with Crippen molar-refractivity contribution in [3.05, 3.63) is 94.1 Å². The number of amides is 2. The van der Waals surface area contributed by atoms with Crippen LogP contribution in [0.15, 0.2) is 67.1 Å². The molecule has 2 aliphatic rings. The van der Waals surface area contributed by atoms with Crippen molar-refractivity contribution in [1.29, 1.82) is 0 Å². The van der Waals surface area contributed by atoms with Crippen molar-refractivity contribution >= 4 is 50.7 Å². The minimum absolute atomic E-state index is 0.142. The van der Waals surface area contributed by atoms with Crippen LogP contribution in [0.4, 0.5) is 5.95 Å². The van der Waals surface area contributed by atoms with Gasteiger partial charge in [0.1, 0.15) is 11.9 Å². The van der Waals surface area contributed by atoms with E-state index < -0.39 is 16.7 Å². The van der Waals surface area contributed by atoms with Crippen molar-refractivity contribution in [2.24, 2.45) is 12.8 Å². The molecule has 1 unspecified atom stereocenters. The van der Waals surface area contributed by atoms with Gasteiger partial charge < -0.3 is 29.7 Å². The highest BCUT2D eigenvalue weighted by Gasteiger charge is 2.42. The molecule has 2 aliphatic heterocycles. The number of aromatic nitrogens is 4. The molecule has 12 nitrogen and oxygen atoms in total. The lowest BCUT2D eigenvalue weighted by atomic mass is 9.95. The number of imidazole rings is 1. The van der Waals surface area contributed by atoms with Gasteiger partial charge in [0, 0.05) is 65.0 Å². The lowest BCUT2D eigenvalue weighted by Crippen LogP contribution is -2.31. The fourth-order valence-electron chi connectivity index (χ4n) is 6.26. The zero-order chi connectivity index (χ0) is 29.8. The number of imide groups is 1. The molecule has 7 rings (SSSR count). The van der Waals surface area contributed by atoms with Crippen molar-refractivity contribution in [3.8, 4) is 0 Å². The molecule has 2 N–H and O–H groups in total. The number of nitro groups is 1. The molecule has 0 saturated heterocycles. The standard InChI is InChI=1S/C31H29N7O5/c1-34-19(15-33-31(34)38(41)42)16-37-29(39)27-23-17-35(25-8-4-2-6-21(23)25)11-10-20(14-32)43-13-12-36-18-24(28(27)30(37)40)22-7-3-5-9-26(22)36/h2-9,15,17-18,20H,10-14,16,32H2,1H3. The molecule has 0 radical (unpaired) electrons. The highest BCUT2D eigenvalue weighted by atomic mass is 16.6. The molecule has 0 fully saturated rings. The SMILES string of the molecule is Cn1c(CN2C(=O)C3=C(C2=O)c2cn(c4ccccc24)CCC(CN)OCCn2cc3c3ccccc32)cnc1[N+](=O)[O-]. The molecule has 2 amide bonds. The number of carbonyl (C=O) groups is 2. The van der Waals surface area contributed by atoms with Gasteiger partial charge in [0.15, 0.2) is 0 Å². The second-order valence-corrected chi connectivity index (χ2v) is 10.8. The lowest BCUT2D eigenvalue weighted by molar-refractivity contribution is -0.396. The largest absolute Gasteiger partial charge is 0.434 e. The van der Waals surface area contributed by atoms with Gasteiger partial charge in [0.05, 0.1) is 37.4 Å². The summed E-state index contributed by atoms with van der Waals surface area (Å²) >= 11 is 0. The van der Waals surface area contributed by atoms with Crippen LogP contribution in [-0.4, -0.2) is 59.6 Å². The molecular formula is C31H29N7O5. The first-order valence-electron chi connectivity index (χ1n) is 14.1. The Morgan fingerprint density at radius 3 is 2.09 bits per heavy atom. The third-order valence-corrected chi connectivity index (χ3v) is 8.47. The summed E-state index contributed by atoms with van der Waals surface area (Å²) in [6.45, 7) is 1.80. The van der Waals surface area contributed by atoms with Crippen molar-refractivity contribution < 1.29 is 19.2 Å². The van der Waals surface area contributed by atoms with Crippen molar-refractivity contribution in [3.63, 3.8) is 0 Å². The van der Waals surface area contributed by atoms with E-state index in [0.29, 0.717) is 60.6 Å². The van der Waals surface area contributed by atoms with Gasteiger partial charge >= 0.3 is 5.95 Å². The van der Waals surface area contributed by atoms with Crippen LogP contribution < -0.4 is 5.73 Å². The van der Waals surface area contributed by atoms with E-state index in [-0.39, 0.29) is 18.6 Å². The molecule has 5 heterocycles. The molecule has 12 heteroatoms. The van der Waals surface area contributed by atoms with Gasteiger partial charge in [0.25, 0.3) is 11.8 Å². The Kier molecular flexibility index (Phi) is 6.44. The number of nitrogens with two attached hydrogens (primary N) is 1. The molecule has 218 valence electrons. The Bertz CT molecular complexity index is 1980. The van der Waals surface area contributed by atoms with E-state index in [1.807, 2.05) is 65.5 Å². The summed E-state index contributed by atoms with van der Waals surface area (Å²) in [5, 5.41) is 13.1. The monoisotopic (exact) mass is 579 g/mol. The summed E-state index contributed by atoms with van der Waals surface area (Å²) < 4.78 is 11.6. The van der Waals surface area contributed by atoms with Gasteiger partial charge in [-0.1, -0.05) is 41.4 Å². The second kappa shape index (κ2) is 10.3. The number of nitrogens with zero attached hydrogens (tertiary/aromatic N) is 6. The Labute approximate surface area is 245 Å². The summed E-state index contributed by atoms with van der Waals surface area (Å²) in [6.07, 6.45) is 5.71. The number of ether oxygens (including phenoxy) is 1. The van der Waals surface area contributed by atoms with Crippen molar-refractivity contribution in [2.75, 3.05) is 13.2 Å². The predicted molar refractivity (Wildman–Crippen MR) is 160 cm³/mol. The number of carbonyl (C=O) groups excluding carboxylic acids is 2. The Balaban J connectivity index is 1.46. The maximum atomic E-state index is 14.4. The zero-order valence-corrected chi connectivity index (χ0v) is 23.5.